The van der Waals surface area contributed by atoms with E-state index in [1.807, 2.05) is 30.3 Å². The SMILES string of the molecule is c1ccc(-c2ccc(-n3c4ccccc4c4ccc5c(c43)-c3ccccc3C5c3ccc4c(c3)oc3ccccc34)cc2)cc1.c1ccc(-c2cccc(-n3c4ccccc4c4ccc5c(c6ccccc6n5-c5ccc6c(c5)oc5ccccc56)c43)c2)cc1.c1ccc2c(c1)oc1cc(-n3c4ccccc4c4ccc5c(c6ccccc6n5-c5ccc6c7ccccc7c7ccccc7c6c5)c43)ccc12. The van der Waals surface area contributed by atoms with E-state index in [0.29, 0.717) is 0 Å². The van der Waals surface area contributed by atoms with Crippen molar-refractivity contribution in [2.75, 3.05) is 0 Å². The fraction of sp³-hybridized carbons (Fsp3) is 0.00752. The van der Waals surface area contributed by atoms with Crippen LogP contribution in [0, 0.1) is 0 Å². The minimum atomic E-state index is 0.116. The van der Waals surface area contributed by atoms with Crippen molar-refractivity contribution in [1.29, 1.82) is 0 Å². The molecular weight excluding hydrogens is 1720 g/mol. The third-order valence-electron chi connectivity index (χ3n) is 30.1. The Kier molecular flexibility index (Phi) is 17.2. The van der Waals surface area contributed by atoms with Crippen molar-refractivity contribution in [3.63, 3.8) is 0 Å². The smallest absolute Gasteiger partial charge is 0.137 e. The summed E-state index contributed by atoms with van der Waals surface area (Å²) in [6.07, 6.45) is 0. The van der Waals surface area contributed by atoms with Crippen LogP contribution in [0.3, 0.4) is 0 Å². The van der Waals surface area contributed by atoms with Crippen LogP contribution in [-0.4, -0.2) is 22.8 Å². The average Bonchev–Trinajstić information content (AvgIpc) is 1.54. The molecule has 141 heavy (non-hydrogen) atoms. The molecule has 1 aliphatic carbocycles. The Labute approximate surface area is 807 Å². The molecule has 1 unspecified atom stereocenters. The fourth-order valence-corrected chi connectivity index (χ4v) is 24.0. The molecule has 1 aliphatic rings. The zero-order valence-electron chi connectivity index (χ0n) is 76.2. The molecule has 0 fully saturated rings. The summed E-state index contributed by atoms with van der Waals surface area (Å²) in [6.45, 7) is 0. The number of fused-ring (bicyclic) bond motifs is 36. The Morgan fingerprint density at radius 2 is 0.482 bits per heavy atom. The lowest BCUT2D eigenvalue weighted by Crippen LogP contribution is -1.99. The summed E-state index contributed by atoms with van der Waals surface area (Å²) in [6, 6.07) is 176. The minimum Gasteiger partial charge on any atom is -0.456 e. The molecule has 0 N–H and O–H groups in total. The summed E-state index contributed by atoms with van der Waals surface area (Å²) in [5.41, 5.74) is 34.5. The molecule has 0 amide bonds. The Morgan fingerprint density at radius 3 is 0.993 bits per heavy atom. The lowest BCUT2D eigenvalue weighted by Gasteiger charge is -2.15. The van der Waals surface area contributed by atoms with Gasteiger partial charge in [0.15, 0.2) is 0 Å². The van der Waals surface area contributed by atoms with Crippen molar-refractivity contribution in [3.8, 4) is 61.8 Å². The number of aromatic nitrogens is 5. The molecule has 32 rings (SSSR count). The Bertz CT molecular complexity index is 10600. The van der Waals surface area contributed by atoms with Crippen LogP contribution in [0.1, 0.15) is 22.6 Å². The maximum absolute atomic E-state index is 6.41. The van der Waals surface area contributed by atoms with Gasteiger partial charge in [0.25, 0.3) is 0 Å². The van der Waals surface area contributed by atoms with Crippen molar-refractivity contribution in [2.24, 2.45) is 0 Å². The summed E-state index contributed by atoms with van der Waals surface area (Å²) >= 11 is 0. The largest absolute Gasteiger partial charge is 0.456 e. The summed E-state index contributed by atoms with van der Waals surface area (Å²) in [5, 5.41) is 27.0. The number of furan rings is 3. The van der Waals surface area contributed by atoms with Gasteiger partial charge in [0, 0.05) is 138 Å². The second-order valence-electron chi connectivity index (χ2n) is 37.5. The van der Waals surface area contributed by atoms with Gasteiger partial charge in [-0.25, -0.2) is 0 Å². The molecule has 31 aromatic rings. The van der Waals surface area contributed by atoms with Gasteiger partial charge in [-0.15, -0.1) is 0 Å². The number of hydrogen-bond acceptors (Lipinski definition) is 3. The summed E-state index contributed by atoms with van der Waals surface area (Å²) in [5.74, 6) is 0.116. The summed E-state index contributed by atoms with van der Waals surface area (Å²) in [4.78, 5) is 0. The van der Waals surface area contributed by atoms with Crippen LogP contribution in [0.25, 0.3) is 269 Å². The molecule has 0 aliphatic heterocycles. The quantitative estimate of drug-likeness (QED) is 0.142. The molecule has 0 bridgehead atoms. The summed E-state index contributed by atoms with van der Waals surface area (Å²) < 4.78 is 31.3. The van der Waals surface area contributed by atoms with Crippen molar-refractivity contribution < 1.29 is 13.3 Å². The zero-order chi connectivity index (χ0) is 92.2. The number of benzene rings is 23. The fourth-order valence-electron chi connectivity index (χ4n) is 24.0. The lowest BCUT2D eigenvalue weighted by atomic mass is 9.88. The van der Waals surface area contributed by atoms with Gasteiger partial charge >= 0.3 is 0 Å². The van der Waals surface area contributed by atoms with Gasteiger partial charge in [0.1, 0.15) is 33.5 Å². The van der Waals surface area contributed by atoms with E-state index >= 15 is 0 Å². The topological polar surface area (TPSA) is 64.1 Å². The van der Waals surface area contributed by atoms with Gasteiger partial charge in [-0.2, -0.15) is 0 Å². The molecule has 8 aromatic heterocycles. The van der Waals surface area contributed by atoms with Crippen molar-refractivity contribution in [1.82, 2.24) is 22.8 Å². The molecular formula is C133H81N5O3. The van der Waals surface area contributed by atoms with E-state index in [2.05, 4.69) is 478 Å². The third-order valence-corrected chi connectivity index (χ3v) is 30.1. The van der Waals surface area contributed by atoms with E-state index in [0.717, 1.165) is 88.6 Å². The Morgan fingerprint density at radius 1 is 0.156 bits per heavy atom. The first-order chi connectivity index (χ1) is 70.0. The van der Waals surface area contributed by atoms with Gasteiger partial charge in [-0.1, -0.05) is 346 Å². The van der Waals surface area contributed by atoms with Crippen LogP contribution in [0.4, 0.5) is 0 Å². The van der Waals surface area contributed by atoms with Crippen molar-refractivity contribution in [2.45, 2.75) is 5.92 Å². The van der Waals surface area contributed by atoms with Crippen molar-refractivity contribution in [3.05, 3.63) is 502 Å². The first-order valence-corrected chi connectivity index (χ1v) is 48.4. The maximum Gasteiger partial charge on any atom is 0.137 e. The average molecular weight is 1800 g/mol. The van der Waals surface area contributed by atoms with Crippen molar-refractivity contribution >= 4 is 207 Å². The van der Waals surface area contributed by atoms with E-state index in [4.69, 9.17) is 13.3 Å². The van der Waals surface area contributed by atoms with Crippen LogP contribution in [-0.2, 0) is 0 Å². The highest BCUT2D eigenvalue weighted by atomic mass is 16.3. The van der Waals surface area contributed by atoms with E-state index in [1.165, 1.54) is 197 Å². The van der Waals surface area contributed by atoms with Gasteiger partial charge in [-0.05, 0) is 204 Å². The second-order valence-corrected chi connectivity index (χ2v) is 37.5. The molecule has 0 spiro atoms. The van der Waals surface area contributed by atoms with E-state index in [-0.39, 0.29) is 5.92 Å². The van der Waals surface area contributed by atoms with Gasteiger partial charge in [0.2, 0.25) is 0 Å². The number of rotatable bonds is 8. The minimum absolute atomic E-state index is 0.116. The Hall–Kier alpha value is -18.8. The highest BCUT2D eigenvalue weighted by molar-refractivity contribution is 6.30. The van der Waals surface area contributed by atoms with Crippen LogP contribution in [0.15, 0.2) is 499 Å². The third kappa shape index (κ3) is 11.9. The number of nitrogens with zero attached hydrogens (tertiary/aromatic N) is 5. The molecule has 8 heterocycles. The molecule has 656 valence electrons. The van der Waals surface area contributed by atoms with Crippen LogP contribution in [0.5, 0.6) is 0 Å². The normalized spacial score (nSPS) is 12.8. The van der Waals surface area contributed by atoms with Gasteiger partial charge in [-0.3, -0.25) is 0 Å². The van der Waals surface area contributed by atoms with Crippen LogP contribution < -0.4 is 0 Å². The highest BCUT2D eigenvalue weighted by Crippen LogP contribution is 2.55. The molecule has 0 radical (unpaired) electrons. The second kappa shape index (κ2) is 30.9. The number of hydrogen-bond donors (Lipinski definition) is 0. The Balaban J connectivity index is 0.0000000995. The first-order valence-electron chi connectivity index (χ1n) is 48.4. The van der Waals surface area contributed by atoms with E-state index in [1.54, 1.807) is 0 Å². The molecule has 8 nitrogen and oxygen atoms in total. The predicted molar refractivity (Wildman–Crippen MR) is 589 cm³/mol. The molecule has 8 heteroatoms. The molecule has 23 aromatic carbocycles. The summed E-state index contributed by atoms with van der Waals surface area (Å²) in [7, 11) is 0. The lowest BCUT2D eigenvalue weighted by molar-refractivity contribution is 0.667. The highest BCUT2D eigenvalue weighted by Gasteiger charge is 2.35. The van der Waals surface area contributed by atoms with Gasteiger partial charge in [0.05, 0.1) is 55.2 Å². The van der Waals surface area contributed by atoms with Crippen LogP contribution in [0.2, 0.25) is 0 Å². The predicted octanol–water partition coefficient (Wildman–Crippen LogP) is 36.2. The molecule has 1 atom stereocenters. The standard InChI is InChI=1S/C48H28N2O.C43H27NO.C42H26N2O/c1-2-13-33-31(11-1)32-12-3-4-14-34(32)41-27-29(21-23-35(33)41)49-43-19-9-6-17-40(43)47-44(49)26-25-39-36-15-5-8-18-42(36)50(48(39)47)30-22-24-38-37-16-7-10-20-45(37)51-46(38)28-30;1-2-10-27(11-3-1)28-18-21-30(22-19-28)44-38-16-8-6-12-31(38)36-24-25-37-41(34-14-4-5-15-35(34)42(37)43(36)44)29-20-23-33-32-13-7-9-17-39(32)45-40(33)26-29;1-2-11-27(12-3-1)28-13-10-14-29(25-28)44-36-18-7-4-15-31(36)34-23-24-38-41(42(34)44)35-17-5-8-19-37(35)43(38)30-21-22-33-32-16-6-9-20-39(32)45-40(33)26-30/h1-28H;1-26,41H;1-26H. The van der Waals surface area contributed by atoms with E-state index < -0.39 is 0 Å². The number of para-hydroxylation sites is 8. The van der Waals surface area contributed by atoms with Crippen LogP contribution >= 0.6 is 0 Å². The zero-order valence-corrected chi connectivity index (χ0v) is 76.2. The first kappa shape index (κ1) is 78.6. The molecule has 0 saturated carbocycles. The monoisotopic (exact) mass is 1800 g/mol. The van der Waals surface area contributed by atoms with Gasteiger partial charge < -0.3 is 36.1 Å². The van der Waals surface area contributed by atoms with E-state index in [9.17, 15) is 0 Å². The molecule has 0 saturated heterocycles. The maximum atomic E-state index is 6.41.